The molecule has 3 heterocycles. The first-order valence-electron chi connectivity index (χ1n) is 13.9. The lowest BCUT2D eigenvalue weighted by Crippen LogP contribution is -1.92. The lowest BCUT2D eigenvalue weighted by atomic mass is 9.97. The van der Waals surface area contributed by atoms with Crippen LogP contribution in [0.2, 0.25) is 0 Å². The number of nitrogens with zero attached hydrogens (tertiary/aromatic N) is 1. The summed E-state index contributed by atoms with van der Waals surface area (Å²) < 4.78 is 7.80. The van der Waals surface area contributed by atoms with Crippen molar-refractivity contribution < 1.29 is 0 Å². The van der Waals surface area contributed by atoms with Crippen LogP contribution in [0.3, 0.4) is 0 Å². The normalized spacial score (nSPS) is 11.9. The lowest BCUT2D eigenvalue weighted by molar-refractivity contribution is 1.19. The third-order valence-corrected chi connectivity index (χ3v) is 10.6. The van der Waals surface area contributed by atoms with Crippen molar-refractivity contribution in [2.45, 2.75) is 0 Å². The van der Waals surface area contributed by atoms with Gasteiger partial charge in [-0.05, 0) is 64.7 Å². The summed E-state index contributed by atoms with van der Waals surface area (Å²) in [6, 6.07) is 51.0. The van der Waals surface area contributed by atoms with Crippen molar-refractivity contribution in [1.29, 1.82) is 0 Å². The van der Waals surface area contributed by atoms with E-state index >= 15 is 0 Å². The first-order valence-corrected chi connectivity index (χ1v) is 15.5. The first-order chi connectivity index (χ1) is 20.3. The molecule has 1 nitrogen and oxygen atoms in total. The second-order valence-electron chi connectivity index (χ2n) is 10.5. The average molecular weight is 558 g/mol. The summed E-state index contributed by atoms with van der Waals surface area (Å²) in [5.74, 6) is 0. The fourth-order valence-corrected chi connectivity index (χ4v) is 8.78. The van der Waals surface area contributed by atoms with Crippen LogP contribution >= 0.6 is 22.7 Å². The minimum absolute atomic E-state index is 1.20. The van der Waals surface area contributed by atoms with Gasteiger partial charge in [0.15, 0.2) is 0 Å². The van der Waals surface area contributed by atoms with Crippen molar-refractivity contribution in [3.8, 4) is 27.9 Å². The third kappa shape index (κ3) is 3.46. The number of benzene rings is 6. The summed E-state index contributed by atoms with van der Waals surface area (Å²) in [5, 5.41) is 5.29. The minimum Gasteiger partial charge on any atom is -0.308 e. The summed E-state index contributed by atoms with van der Waals surface area (Å²) in [4.78, 5) is 0. The number of aromatic nitrogens is 1. The molecule has 3 heteroatoms. The molecule has 0 radical (unpaired) electrons. The summed E-state index contributed by atoms with van der Waals surface area (Å²) in [6.07, 6.45) is 0. The molecule has 0 aliphatic carbocycles. The topological polar surface area (TPSA) is 4.93 Å². The Morgan fingerprint density at radius 3 is 2.05 bits per heavy atom. The smallest absolute Gasteiger partial charge is 0.0727 e. The van der Waals surface area contributed by atoms with E-state index < -0.39 is 0 Å². The molecule has 3 aromatic heterocycles. The van der Waals surface area contributed by atoms with Gasteiger partial charge in [-0.2, -0.15) is 0 Å². The fraction of sp³-hybridized carbons (Fsp3) is 0. The van der Waals surface area contributed by atoms with Crippen LogP contribution in [-0.4, -0.2) is 4.57 Å². The molecule has 0 aliphatic rings. The van der Waals surface area contributed by atoms with Crippen molar-refractivity contribution in [3.63, 3.8) is 0 Å². The Balaban J connectivity index is 1.25. The van der Waals surface area contributed by atoms with Crippen LogP contribution < -0.4 is 0 Å². The molecule has 0 N–H and O–H groups in total. The second kappa shape index (κ2) is 8.90. The highest BCUT2D eigenvalue weighted by atomic mass is 32.1. The van der Waals surface area contributed by atoms with E-state index in [0.29, 0.717) is 0 Å². The molecule has 0 aliphatic heterocycles. The average Bonchev–Trinajstić information content (AvgIpc) is 3.70. The molecule has 0 amide bonds. The Morgan fingerprint density at radius 2 is 1.12 bits per heavy atom. The Kier molecular flexibility index (Phi) is 5.00. The number of para-hydroxylation sites is 2. The van der Waals surface area contributed by atoms with E-state index in [0.717, 1.165) is 0 Å². The van der Waals surface area contributed by atoms with Crippen LogP contribution in [0.15, 0.2) is 140 Å². The molecular weight excluding hydrogens is 535 g/mol. The predicted molar refractivity (Wildman–Crippen MR) is 180 cm³/mol. The molecule has 0 fully saturated rings. The van der Waals surface area contributed by atoms with E-state index in [4.69, 9.17) is 0 Å². The van der Waals surface area contributed by atoms with Gasteiger partial charge in [0.25, 0.3) is 0 Å². The van der Waals surface area contributed by atoms with Gasteiger partial charge in [0.2, 0.25) is 0 Å². The van der Waals surface area contributed by atoms with Crippen molar-refractivity contribution in [1.82, 2.24) is 4.57 Å². The summed E-state index contributed by atoms with van der Waals surface area (Å²) in [6.45, 7) is 0. The van der Waals surface area contributed by atoms with Gasteiger partial charge < -0.3 is 4.57 Å². The molecule has 0 saturated carbocycles. The Hall–Kier alpha value is -4.70. The number of rotatable bonds is 3. The quantitative estimate of drug-likeness (QED) is 0.204. The molecule has 192 valence electrons. The van der Waals surface area contributed by atoms with Gasteiger partial charge in [-0.15, -0.1) is 22.7 Å². The second-order valence-corrected chi connectivity index (χ2v) is 12.6. The number of fused-ring (bicyclic) bond motifs is 8. The highest BCUT2D eigenvalue weighted by Crippen LogP contribution is 2.46. The van der Waals surface area contributed by atoms with Crippen LogP contribution in [0.25, 0.3) is 79.3 Å². The molecule has 0 spiro atoms. The summed E-state index contributed by atoms with van der Waals surface area (Å²) in [5.41, 5.74) is 8.79. The standard InChI is InChI=1S/C38H23NS2/c1-2-12-27(13-3-1)39-33-18-6-4-15-30(33)38-36(39)31-17-9-16-28(37(31)41-38)26-11-8-10-24(22-26)25-20-21-35-32(23-25)29-14-5-7-19-34(29)40-35/h1-23H. The molecule has 0 unspecified atom stereocenters. The lowest BCUT2D eigenvalue weighted by Gasteiger charge is -2.10. The van der Waals surface area contributed by atoms with Crippen LogP contribution in [0.5, 0.6) is 0 Å². The Labute approximate surface area is 245 Å². The van der Waals surface area contributed by atoms with Crippen molar-refractivity contribution in [2.24, 2.45) is 0 Å². The minimum atomic E-state index is 1.20. The Bertz CT molecular complexity index is 2420. The van der Waals surface area contributed by atoms with E-state index in [1.165, 1.54) is 79.3 Å². The first kappa shape index (κ1) is 23.0. The third-order valence-electron chi connectivity index (χ3n) is 8.20. The molecule has 6 aromatic carbocycles. The monoisotopic (exact) mass is 557 g/mol. The maximum Gasteiger partial charge on any atom is 0.0727 e. The molecule has 41 heavy (non-hydrogen) atoms. The fourth-order valence-electron chi connectivity index (χ4n) is 6.34. The molecule has 0 saturated heterocycles. The van der Waals surface area contributed by atoms with Crippen LogP contribution in [0.4, 0.5) is 0 Å². The van der Waals surface area contributed by atoms with Gasteiger partial charge >= 0.3 is 0 Å². The SMILES string of the molecule is c1ccc(-n2c3ccccc3c3sc4c(-c5cccc(-c6ccc7sc8ccccc8c7c6)c5)cccc4c32)cc1. The molecule has 9 rings (SSSR count). The van der Waals surface area contributed by atoms with E-state index in [9.17, 15) is 0 Å². The molecule has 9 aromatic rings. The summed E-state index contributed by atoms with van der Waals surface area (Å²) in [7, 11) is 0. The van der Waals surface area contributed by atoms with Crippen molar-refractivity contribution in [3.05, 3.63) is 140 Å². The van der Waals surface area contributed by atoms with E-state index in [1.54, 1.807) is 0 Å². The van der Waals surface area contributed by atoms with Gasteiger partial charge in [-0.3, -0.25) is 0 Å². The van der Waals surface area contributed by atoms with Gasteiger partial charge in [-0.1, -0.05) is 97.1 Å². The number of hydrogen-bond donors (Lipinski definition) is 0. The number of thiophene rings is 2. The highest BCUT2D eigenvalue weighted by molar-refractivity contribution is 7.27. The molecule has 0 bridgehead atoms. The summed E-state index contributed by atoms with van der Waals surface area (Å²) >= 11 is 3.78. The number of hydrogen-bond acceptors (Lipinski definition) is 2. The van der Waals surface area contributed by atoms with Gasteiger partial charge in [0.1, 0.15) is 0 Å². The van der Waals surface area contributed by atoms with E-state index in [-0.39, 0.29) is 0 Å². The Morgan fingerprint density at radius 1 is 0.415 bits per heavy atom. The van der Waals surface area contributed by atoms with Crippen molar-refractivity contribution in [2.75, 3.05) is 0 Å². The van der Waals surface area contributed by atoms with Gasteiger partial charge in [-0.25, -0.2) is 0 Å². The maximum absolute atomic E-state index is 2.43. The van der Waals surface area contributed by atoms with Crippen LogP contribution in [0.1, 0.15) is 0 Å². The predicted octanol–water partition coefficient (Wildman–Crippen LogP) is 11.7. The largest absolute Gasteiger partial charge is 0.308 e. The van der Waals surface area contributed by atoms with Crippen molar-refractivity contribution >= 4 is 74.1 Å². The molecular formula is C38H23NS2. The van der Waals surface area contributed by atoms with E-state index in [1.807, 2.05) is 22.7 Å². The zero-order valence-electron chi connectivity index (χ0n) is 22.0. The zero-order valence-corrected chi connectivity index (χ0v) is 23.7. The zero-order chi connectivity index (χ0) is 26.9. The highest BCUT2D eigenvalue weighted by Gasteiger charge is 2.19. The van der Waals surface area contributed by atoms with Crippen LogP contribution in [0, 0.1) is 0 Å². The van der Waals surface area contributed by atoms with E-state index in [2.05, 4.69) is 144 Å². The maximum atomic E-state index is 2.43. The molecule has 0 atom stereocenters. The van der Waals surface area contributed by atoms with Crippen LogP contribution in [-0.2, 0) is 0 Å². The van der Waals surface area contributed by atoms with Gasteiger partial charge in [0.05, 0.1) is 15.7 Å². The van der Waals surface area contributed by atoms with Gasteiger partial charge in [0, 0.05) is 41.3 Å².